The van der Waals surface area contributed by atoms with Gasteiger partial charge in [-0.15, -0.1) is 10.2 Å². The Morgan fingerprint density at radius 1 is 1.57 bits per heavy atom. The number of carboxylic acid groups (broad SMARTS) is 1. The highest BCUT2D eigenvalue weighted by atomic mass is 19.1. The van der Waals surface area contributed by atoms with Crippen LogP contribution in [0.15, 0.2) is 18.5 Å². The number of nitro groups is 1. The van der Waals surface area contributed by atoms with Crippen LogP contribution in [0.5, 0.6) is 0 Å². The predicted molar refractivity (Wildman–Crippen MR) is 68.3 cm³/mol. The molecular weight excluding hydrogens is 285 g/mol. The molecule has 0 aliphatic rings. The Hall–Kier alpha value is -3.04. The minimum atomic E-state index is -1.57. The smallest absolute Gasteiger partial charge is 0.338 e. The maximum atomic E-state index is 13.6. The van der Waals surface area contributed by atoms with Gasteiger partial charge in [0.05, 0.1) is 11.5 Å². The minimum Gasteiger partial charge on any atom is -0.478 e. The SMILES string of the molecule is Cn1cnnc1CNc1cc(F)c(C(=O)O)cc1[N+](=O)[O-]. The number of benzene rings is 1. The first-order valence-electron chi connectivity index (χ1n) is 5.68. The van der Waals surface area contributed by atoms with E-state index in [1.807, 2.05) is 0 Å². The number of nitro benzene ring substituents is 1. The van der Waals surface area contributed by atoms with Crippen LogP contribution < -0.4 is 5.32 Å². The van der Waals surface area contributed by atoms with Gasteiger partial charge in [0.2, 0.25) is 0 Å². The zero-order valence-corrected chi connectivity index (χ0v) is 10.8. The molecule has 2 N–H and O–H groups in total. The second-order valence-electron chi connectivity index (χ2n) is 4.12. The number of aromatic nitrogens is 3. The number of anilines is 1. The van der Waals surface area contributed by atoms with Crippen molar-refractivity contribution in [2.45, 2.75) is 6.54 Å². The molecule has 0 amide bonds. The third kappa shape index (κ3) is 2.94. The van der Waals surface area contributed by atoms with Gasteiger partial charge in [-0.1, -0.05) is 0 Å². The van der Waals surface area contributed by atoms with Gasteiger partial charge < -0.3 is 15.0 Å². The van der Waals surface area contributed by atoms with E-state index in [2.05, 4.69) is 15.5 Å². The number of hydrogen-bond donors (Lipinski definition) is 2. The van der Waals surface area contributed by atoms with E-state index in [1.54, 1.807) is 11.6 Å². The summed E-state index contributed by atoms with van der Waals surface area (Å²) in [6, 6.07) is 1.45. The molecule has 10 heteroatoms. The largest absolute Gasteiger partial charge is 0.478 e. The van der Waals surface area contributed by atoms with Gasteiger partial charge in [-0.05, 0) is 0 Å². The van der Waals surface area contributed by atoms with Crippen molar-refractivity contribution in [2.75, 3.05) is 5.32 Å². The van der Waals surface area contributed by atoms with Crippen LogP contribution in [0.2, 0.25) is 0 Å². The van der Waals surface area contributed by atoms with Gasteiger partial charge >= 0.3 is 5.97 Å². The molecule has 110 valence electrons. The topological polar surface area (TPSA) is 123 Å². The van der Waals surface area contributed by atoms with Gasteiger partial charge in [0.25, 0.3) is 5.69 Å². The van der Waals surface area contributed by atoms with Crippen molar-refractivity contribution in [2.24, 2.45) is 7.05 Å². The van der Waals surface area contributed by atoms with Crippen molar-refractivity contribution in [3.63, 3.8) is 0 Å². The molecule has 0 saturated carbocycles. The molecular formula is C11H10FN5O4. The molecule has 2 rings (SSSR count). The van der Waals surface area contributed by atoms with E-state index in [0.29, 0.717) is 11.9 Å². The number of carboxylic acids is 1. The Kier molecular flexibility index (Phi) is 3.78. The first-order valence-corrected chi connectivity index (χ1v) is 5.68. The molecule has 0 aliphatic heterocycles. The predicted octanol–water partition coefficient (Wildman–Crippen LogP) is 1.17. The number of carbonyl (C=O) groups is 1. The molecule has 2 aromatic rings. The lowest BCUT2D eigenvalue weighted by molar-refractivity contribution is -0.384. The fourth-order valence-corrected chi connectivity index (χ4v) is 1.66. The van der Waals surface area contributed by atoms with Crippen LogP contribution in [0.4, 0.5) is 15.8 Å². The number of aryl methyl sites for hydroxylation is 1. The normalized spacial score (nSPS) is 10.4. The molecule has 1 aromatic carbocycles. The van der Waals surface area contributed by atoms with Crippen LogP contribution in [-0.2, 0) is 13.6 Å². The Morgan fingerprint density at radius 3 is 2.81 bits per heavy atom. The van der Waals surface area contributed by atoms with Gasteiger partial charge in [-0.25, -0.2) is 9.18 Å². The average Bonchev–Trinajstić information content (AvgIpc) is 2.81. The summed E-state index contributed by atoms with van der Waals surface area (Å²) in [6.45, 7) is 0.0726. The van der Waals surface area contributed by atoms with E-state index in [9.17, 15) is 19.3 Å². The number of nitrogens with zero attached hydrogens (tertiary/aromatic N) is 4. The van der Waals surface area contributed by atoms with Gasteiger partial charge in [0, 0.05) is 19.2 Å². The van der Waals surface area contributed by atoms with Crippen LogP contribution in [0.3, 0.4) is 0 Å². The summed E-state index contributed by atoms with van der Waals surface area (Å²) in [5.41, 5.74) is -1.42. The van der Waals surface area contributed by atoms with E-state index in [-0.39, 0.29) is 12.2 Å². The Balaban J connectivity index is 2.34. The highest BCUT2D eigenvalue weighted by Crippen LogP contribution is 2.28. The number of hydrogen-bond acceptors (Lipinski definition) is 6. The first-order chi connectivity index (χ1) is 9.90. The zero-order valence-electron chi connectivity index (χ0n) is 10.8. The second kappa shape index (κ2) is 5.53. The zero-order chi connectivity index (χ0) is 15.6. The molecule has 0 unspecified atom stereocenters. The summed E-state index contributed by atoms with van der Waals surface area (Å²) in [5.74, 6) is -2.16. The van der Waals surface area contributed by atoms with Crippen molar-refractivity contribution in [1.29, 1.82) is 0 Å². The number of rotatable bonds is 5. The van der Waals surface area contributed by atoms with Gasteiger partial charge in [-0.3, -0.25) is 10.1 Å². The molecule has 0 aliphatic carbocycles. The summed E-state index contributed by atoms with van der Waals surface area (Å²) in [7, 11) is 1.68. The third-order valence-electron chi connectivity index (χ3n) is 2.75. The van der Waals surface area contributed by atoms with E-state index < -0.39 is 28.0 Å². The number of aromatic carboxylic acids is 1. The summed E-state index contributed by atoms with van der Waals surface area (Å²) >= 11 is 0. The molecule has 0 bridgehead atoms. The van der Waals surface area contributed by atoms with Crippen LogP contribution in [0, 0.1) is 15.9 Å². The van der Waals surface area contributed by atoms with Crippen LogP contribution in [-0.4, -0.2) is 30.8 Å². The molecule has 9 nitrogen and oxygen atoms in total. The van der Waals surface area contributed by atoms with Crippen LogP contribution in [0.1, 0.15) is 16.2 Å². The maximum Gasteiger partial charge on any atom is 0.338 e. The molecule has 1 aromatic heterocycles. The molecule has 0 fully saturated rings. The lowest BCUT2D eigenvalue weighted by Gasteiger charge is -2.08. The lowest BCUT2D eigenvalue weighted by Crippen LogP contribution is -2.09. The van der Waals surface area contributed by atoms with Crippen molar-refractivity contribution >= 4 is 17.3 Å². The molecule has 0 radical (unpaired) electrons. The van der Waals surface area contributed by atoms with Crippen molar-refractivity contribution in [1.82, 2.24) is 14.8 Å². The monoisotopic (exact) mass is 295 g/mol. The van der Waals surface area contributed by atoms with E-state index in [1.165, 1.54) is 6.33 Å². The van der Waals surface area contributed by atoms with Gasteiger partial charge in [-0.2, -0.15) is 0 Å². The number of nitrogens with one attached hydrogen (secondary N) is 1. The second-order valence-corrected chi connectivity index (χ2v) is 4.12. The molecule has 0 saturated heterocycles. The molecule has 0 spiro atoms. The summed E-state index contributed by atoms with van der Waals surface area (Å²) in [6.07, 6.45) is 1.44. The van der Waals surface area contributed by atoms with Crippen molar-refractivity contribution in [3.05, 3.63) is 45.8 Å². The highest BCUT2D eigenvalue weighted by molar-refractivity contribution is 5.90. The number of halogens is 1. The first kappa shape index (κ1) is 14.4. The van der Waals surface area contributed by atoms with E-state index in [4.69, 9.17) is 5.11 Å². The van der Waals surface area contributed by atoms with Crippen molar-refractivity contribution < 1.29 is 19.2 Å². The fourth-order valence-electron chi connectivity index (χ4n) is 1.66. The minimum absolute atomic E-state index is 0.0726. The van der Waals surface area contributed by atoms with Crippen LogP contribution in [0.25, 0.3) is 0 Å². The maximum absolute atomic E-state index is 13.6. The third-order valence-corrected chi connectivity index (χ3v) is 2.75. The Bertz CT molecular complexity index is 715. The van der Waals surface area contributed by atoms with Gasteiger partial charge in [0.1, 0.15) is 23.4 Å². The highest BCUT2D eigenvalue weighted by Gasteiger charge is 2.22. The van der Waals surface area contributed by atoms with Crippen LogP contribution >= 0.6 is 0 Å². The van der Waals surface area contributed by atoms with E-state index in [0.717, 1.165) is 6.07 Å². The Morgan fingerprint density at radius 2 is 2.29 bits per heavy atom. The summed E-state index contributed by atoms with van der Waals surface area (Å²) in [5, 5.41) is 29.8. The summed E-state index contributed by atoms with van der Waals surface area (Å²) < 4.78 is 15.2. The molecule has 0 atom stereocenters. The van der Waals surface area contributed by atoms with Gasteiger partial charge in [0.15, 0.2) is 5.82 Å². The molecule has 21 heavy (non-hydrogen) atoms. The summed E-state index contributed by atoms with van der Waals surface area (Å²) in [4.78, 5) is 21.0. The fraction of sp³-hybridized carbons (Fsp3) is 0.182. The molecule has 1 heterocycles. The van der Waals surface area contributed by atoms with E-state index >= 15 is 0 Å². The standard InChI is InChI=1S/C11H10FN5O4/c1-16-5-14-15-10(16)4-13-8-3-7(12)6(11(18)19)2-9(8)17(20)21/h2-3,5,13H,4H2,1H3,(H,18,19). The Labute approximate surface area is 117 Å². The van der Waals surface area contributed by atoms with Crippen molar-refractivity contribution in [3.8, 4) is 0 Å². The lowest BCUT2D eigenvalue weighted by atomic mass is 10.1. The quantitative estimate of drug-likeness (QED) is 0.626. The average molecular weight is 295 g/mol.